The van der Waals surface area contributed by atoms with E-state index in [0.29, 0.717) is 19.6 Å². The first-order chi connectivity index (χ1) is 8.63. The minimum Gasteiger partial charge on any atom is -0.330 e. The minimum absolute atomic E-state index is 0.188. The van der Waals surface area contributed by atoms with Crippen LogP contribution in [0.15, 0.2) is 0 Å². The smallest absolute Gasteiger partial charge is 0.0105 e. The van der Waals surface area contributed by atoms with Gasteiger partial charge in [0.05, 0.1) is 0 Å². The molecule has 18 heavy (non-hydrogen) atoms. The van der Waals surface area contributed by atoms with Crippen molar-refractivity contribution in [3.8, 4) is 0 Å². The van der Waals surface area contributed by atoms with E-state index in [1.807, 2.05) is 0 Å². The molecule has 0 heterocycles. The van der Waals surface area contributed by atoms with Gasteiger partial charge in [-0.25, -0.2) is 0 Å². The van der Waals surface area contributed by atoms with E-state index < -0.39 is 0 Å². The molecule has 0 fully saturated rings. The van der Waals surface area contributed by atoms with Crippen LogP contribution in [-0.4, -0.2) is 56.3 Å². The molecule has 0 bridgehead atoms. The van der Waals surface area contributed by atoms with Crippen molar-refractivity contribution in [2.24, 2.45) is 28.7 Å². The summed E-state index contributed by atoms with van der Waals surface area (Å²) in [6.07, 6.45) is 3.68. The van der Waals surface area contributed by atoms with Crippen LogP contribution in [0.3, 0.4) is 0 Å². The van der Waals surface area contributed by atoms with Gasteiger partial charge in [0.2, 0.25) is 0 Å². The summed E-state index contributed by atoms with van der Waals surface area (Å²) >= 11 is 0. The van der Waals surface area contributed by atoms with Crippen LogP contribution in [0.1, 0.15) is 25.7 Å². The lowest BCUT2D eigenvalue weighted by molar-refractivity contribution is 0.256. The molecule has 0 saturated carbocycles. The third kappa shape index (κ3) is 9.76. The molecule has 0 aliphatic heterocycles. The van der Waals surface area contributed by atoms with Gasteiger partial charge in [-0.15, -0.1) is 0 Å². The molecule has 2 atom stereocenters. The Morgan fingerprint density at radius 3 is 1.39 bits per heavy atom. The fraction of sp³-hybridized carbons (Fsp3) is 1.00. The van der Waals surface area contributed by atoms with E-state index in [-0.39, 0.29) is 12.1 Å². The molecule has 0 radical (unpaired) electrons. The number of nitrogens with two attached hydrogens (primary N) is 5. The summed E-state index contributed by atoms with van der Waals surface area (Å²) in [7, 11) is 0. The monoisotopic (exact) mass is 260 g/mol. The van der Waals surface area contributed by atoms with E-state index in [0.717, 1.165) is 45.3 Å². The molecule has 110 valence electrons. The van der Waals surface area contributed by atoms with Crippen LogP contribution in [0.4, 0.5) is 0 Å². The minimum atomic E-state index is 0.188. The quantitative estimate of drug-likeness (QED) is 0.286. The molecule has 0 aliphatic rings. The van der Waals surface area contributed by atoms with Gasteiger partial charge >= 0.3 is 0 Å². The van der Waals surface area contributed by atoms with Gasteiger partial charge < -0.3 is 33.6 Å². The second-order valence-electron chi connectivity index (χ2n) is 4.88. The molecule has 0 amide bonds. The van der Waals surface area contributed by atoms with E-state index in [1.54, 1.807) is 0 Å². The highest BCUT2D eigenvalue weighted by Gasteiger charge is 2.09. The molecule has 0 rings (SSSR count). The zero-order valence-electron chi connectivity index (χ0n) is 11.6. The number of nitrogens with zero attached hydrogens (tertiary/aromatic N) is 1. The standard InChI is InChI=1S/C12H32N6/c13-5-1-11(16)3-8-18(10-7-15)9-4-12(17)2-6-14/h11-12H,1-10,13-17H2. The first-order valence-electron chi connectivity index (χ1n) is 6.97. The fourth-order valence-corrected chi connectivity index (χ4v) is 1.93. The second-order valence-corrected chi connectivity index (χ2v) is 4.88. The van der Waals surface area contributed by atoms with Crippen molar-refractivity contribution >= 4 is 0 Å². The molecule has 6 nitrogen and oxygen atoms in total. The Morgan fingerprint density at radius 2 is 1.06 bits per heavy atom. The Morgan fingerprint density at radius 1 is 0.611 bits per heavy atom. The number of hydrogen-bond acceptors (Lipinski definition) is 6. The van der Waals surface area contributed by atoms with E-state index in [1.165, 1.54) is 0 Å². The Bertz CT molecular complexity index is 162. The molecule has 6 heteroatoms. The molecule has 10 N–H and O–H groups in total. The normalized spacial score (nSPS) is 15.0. The summed E-state index contributed by atoms with van der Waals surface area (Å²) in [5, 5.41) is 0. The van der Waals surface area contributed by atoms with Crippen LogP contribution >= 0.6 is 0 Å². The van der Waals surface area contributed by atoms with Crippen LogP contribution in [-0.2, 0) is 0 Å². The maximum atomic E-state index is 5.95. The largest absolute Gasteiger partial charge is 0.330 e. The van der Waals surface area contributed by atoms with Crippen molar-refractivity contribution in [1.82, 2.24) is 4.90 Å². The van der Waals surface area contributed by atoms with Crippen LogP contribution < -0.4 is 28.7 Å². The number of rotatable bonds is 12. The van der Waals surface area contributed by atoms with E-state index >= 15 is 0 Å². The second kappa shape index (κ2) is 11.8. The summed E-state index contributed by atoms with van der Waals surface area (Å²) in [5.74, 6) is 0. The molecule has 0 aromatic heterocycles. The van der Waals surface area contributed by atoms with Crippen LogP contribution in [0.5, 0.6) is 0 Å². The molecule has 0 aliphatic carbocycles. The fourth-order valence-electron chi connectivity index (χ4n) is 1.93. The lowest BCUT2D eigenvalue weighted by atomic mass is 10.1. The van der Waals surface area contributed by atoms with Gasteiger partial charge in [-0.2, -0.15) is 0 Å². The SMILES string of the molecule is NCCC(N)CCN(CCN)CCC(N)CCN. The molecular formula is C12H32N6. The van der Waals surface area contributed by atoms with Crippen molar-refractivity contribution in [3.05, 3.63) is 0 Å². The summed E-state index contributed by atoms with van der Waals surface area (Å²) in [4.78, 5) is 2.33. The average molecular weight is 260 g/mol. The van der Waals surface area contributed by atoms with E-state index in [9.17, 15) is 0 Å². The third-order valence-corrected chi connectivity index (χ3v) is 3.15. The summed E-state index contributed by atoms with van der Waals surface area (Å²) in [6, 6.07) is 0.376. The molecule has 2 unspecified atom stereocenters. The van der Waals surface area contributed by atoms with Crippen molar-refractivity contribution in [3.63, 3.8) is 0 Å². The average Bonchev–Trinajstić information content (AvgIpc) is 2.33. The van der Waals surface area contributed by atoms with Crippen LogP contribution in [0.2, 0.25) is 0 Å². The van der Waals surface area contributed by atoms with Gasteiger partial charge in [-0.05, 0) is 51.9 Å². The van der Waals surface area contributed by atoms with E-state index in [4.69, 9.17) is 28.7 Å². The van der Waals surface area contributed by atoms with Gasteiger partial charge in [0.15, 0.2) is 0 Å². The van der Waals surface area contributed by atoms with Crippen molar-refractivity contribution in [2.75, 3.05) is 39.3 Å². The summed E-state index contributed by atoms with van der Waals surface area (Å²) in [5.41, 5.74) is 28.5. The van der Waals surface area contributed by atoms with E-state index in [2.05, 4.69) is 4.90 Å². The van der Waals surface area contributed by atoms with Gasteiger partial charge in [-0.1, -0.05) is 0 Å². The zero-order chi connectivity index (χ0) is 13.8. The Kier molecular flexibility index (Phi) is 11.7. The first kappa shape index (κ1) is 17.8. The van der Waals surface area contributed by atoms with Gasteiger partial charge in [-0.3, -0.25) is 0 Å². The van der Waals surface area contributed by atoms with Gasteiger partial charge in [0.25, 0.3) is 0 Å². The van der Waals surface area contributed by atoms with Gasteiger partial charge in [0.1, 0.15) is 0 Å². The summed E-state index contributed by atoms with van der Waals surface area (Å²) in [6.45, 7) is 4.79. The van der Waals surface area contributed by atoms with Crippen molar-refractivity contribution < 1.29 is 0 Å². The zero-order valence-corrected chi connectivity index (χ0v) is 11.6. The maximum absolute atomic E-state index is 5.95. The highest BCUT2D eigenvalue weighted by Crippen LogP contribution is 2.01. The Balaban J connectivity index is 3.83. The highest BCUT2D eigenvalue weighted by atomic mass is 15.1. The number of hydrogen-bond donors (Lipinski definition) is 5. The predicted octanol–water partition coefficient (Wildman–Crippen LogP) is -1.62. The predicted molar refractivity (Wildman–Crippen MR) is 78.0 cm³/mol. The maximum Gasteiger partial charge on any atom is 0.0105 e. The Hall–Kier alpha value is -0.240. The third-order valence-electron chi connectivity index (χ3n) is 3.15. The van der Waals surface area contributed by atoms with Crippen LogP contribution in [0.25, 0.3) is 0 Å². The lowest BCUT2D eigenvalue weighted by Crippen LogP contribution is -2.37. The van der Waals surface area contributed by atoms with Crippen LogP contribution in [0, 0.1) is 0 Å². The molecule has 0 saturated heterocycles. The lowest BCUT2D eigenvalue weighted by Gasteiger charge is -2.24. The highest BCUT2D eigenvalue weighted by molar-refractivity contribution is 4.69. The van der Waals surface area contributed by atoms with Crippen molar-refractivity contribution in [1.29, 1.82) is 0 Å². The topological polar surface area (TPSA) is 133 Å². The molecule has 0 spiro atoms. The van der Waals surface area contributed by atoms with Gasteiger partial charge in [0, 0.05) is 25.2 Å². The molecule has 0 aromatic carbocycles. The summed E-state index contributed by atoms with van der Waals surface area (Å²) < 4.78 is 0. The molecular weight excluding hydrogens is 228 g/mol. The van der Waals surface area contributed by atoms with Crippen molar-refractivity contribution in [2.45, 2.75) is 37.8 Å². The molecule has 0 aromatic rings. The Labute approximate surface area is 111 Å². The first-order valence-corrected chi connectivity index (χ1v) is 6.97.